The molecule has 11 heteroatoms. The zero-order valence-electron chi connectivity index (χ0n) is 11.0. The zero-order valence-corrected chi connectivity index (χ0v) is 15.5. The van der Waals surface area contributed by atoms with Crippen LogP contribution < -0.4 is 43.7 Å². The van der Waals surface area contributed by atoms with Crippen molar-refractivity contribution in [2.45, 2.75) is 4.90 Å². The van der Waals surface area contributed by atoms with E-state index in [2.05, 4.69) is 4.98 Å². The van der Waals surface area contributed by atoms with Crippen molar-refractivity contribution >= 4 is 29.0 Å². The van der Waals surface area contributed by atoms with Gasteiger partial charge in [-0.05, 0) is 23.6 Å². The predicted molar refractivity (Wildman–Crippen MR) is 72.0 cm³/mol. The first kappa shape index (κ1) is 18.8. The Labute approximate surface area is 148 Å². The second kappa shape index (κ2) is 7.85. The van der Waals surface area contributed by atoms with E-state index in [4.69, 9.17) is 4.52 Å². The third-order valence-electron chi connectivity index (χ3n) is 2.13. The van der Waals surface area contributed by atoms with Gasteiger partial charge in [0.2, 0.25) is 10.0 Å². The Morgan fingerprint density at radius 1 is 1.43 bits per heavy atom. The fourth-order valence-electron chi connectivity index (χ4n) is 1.25. The van der Waals surface area contributed by atoms with Crippen molar-refractivity contribution < 1.29 is 52.0 Å². The van der Waals surface area contributed by atoms with Crippen molar-refractivity contribution in [2.75, 3.05) is 6.29 Å². The Kier molecular flexibility index (Phi) is 7.02. The summed E-state index contributed by atoms with van der Waals surface area (Å²) in [6.45, 7) is 0. The first-order chi connectivity index (χ1) is 9.39. The largest absolute Gasteiger partial charge is 1.00 e. The van der Waals surface area contributed by atoms with Crippen molar-refractivity contribution in [2.24, 2.45) is 0 Å². The third kappa shape index (κ3) is 5.80. The summed E-state index contributed by atoms with van der Waals surface area (Å²) < 4.78 is 41.9. The van der Waals surface area contributed by atoms with Gasteiger partial charge in [-0.25, -0.2) is 13.1 Å². The normalized spacial score (nSPS) is 14.0. The summed E-state index contributed by atoms with van der Waals surface area (Å²) in [5, 5.41) is 2.98. The number of nitrogens with zero attached hydrogens (tertiary/aromatic N) is 1. The summed E-state index contributed by atoms with van der Waals surface area (Å²) in [5.41, 5.74) is 0. The molecule has 2 rings (SSSR count). The molecule has 1 N–H and O–H groups in total. The summed E-state index contributed by atoms with van der Waals surface area (Å²) in [6.07, 6.45) is 1.85. The van der Waals surface area contributed by atoms with Gasteiger partial charge in [0, 0.05) is 11.6 Å². The number of hydrogen-bond acceptors (Lipinski definition) is 7. The second-order valence-corrected chi connectivity index (χ2v) is 7.92. The van der Waals surface area contributed by atoms with Gasteiger partial charge in [-0.15, -0.1) is 0 Å². The summed E-state index contributed by atoms with van der Waals surface area (Å²) >= 11 is 1.20. The van der Waals surface area contributed by atoms with Crippen molar-refractivity contribution in [3.05, 3.63) is 41.4 Å². The van der Waals surface area contributed by atoms with Crippen LogP contribution in [0.1, 0.15) is 0 Å². The summed E-state index contributed by atoms with van der Waals surface area (Å²) in [7, 11) is -8.24. The fraction of sp³-hybridized carbons (Fsp3) is 0.100. The second-order valence-electron chi connectivity index (χ2n) is 3.66. The van der Waals surface area contributed by atoms with Gasteiger partial charge in [0.15, 0.2) is 7.60 Å². The Balaban J connectivity index is 0.00000220. The van der Waals surface area contributed by atoms with Gasteiger partial charge in [0.25, 0.3) is 0 Å². The molecule has 2 aromatic heterocycles. The molecule has 7 nitrogen and oxygen atoms in total. The average molecular weight is 356 g/mol. The minimum atomic E-state index is -4.39. The van der Waals surface area contributed by atoms with Crippen LogP contribution in [0.3, 0.4) is 0 Å². The summed E-state index contributed by atoms with van der Waals surface area (Å²) in [4.78, 5) is 15.4. The number of pyridine rings is 1. The summed E-state index contributed by atoms with van der Waals surface area (Å²) in [6, 6.07) is 4.29. The molecule has 0 saturated heterocycles. The molecule has 1 unspecified atom stereocenters. The number of thiophene rings is 1. The molecule has 0 spiro atoms. The molecule has 0 aliphatic heterocycles. The van der Waals surface area contributed by atoms with Gasteiger partial charge >= 0.3 is 29.6 Å². The van der Waals surface area contributed by atoms with E-state index in [9.17, 15) is 17.9 Å². The van der Waals surface area contributed by atoms with Gasteiger partial charge in [-0.1, -0.05) is 0 Å². The molecule has 0 radical (unpaired) electrons. The quantitative estimate of drug-likeness (QED) is 0.474. The molecule has 0 aromatic carbocycles. The Morgan fingerprint density at radius 3 is 2.76 bits per heavy atom. The molecule has 0 saturated carbocycles. The molecule has 0 amide bonds. The van der Waals surface area contributed by atoms with Gasteiger partial charge in [-0.3, -0.25) is 9.55 Å². The smallest absolute Gasteiger partial charge is 0.768 e. The monoisotopic (exact) mass is 356 g/mol. The molecule has 21 heavy (non-hydrogen) atoms. The maximum atomic E-state index is 11.8. The molecule has 0 aliphatic rings. The topological polar surface area (TPSA) is 108 Å². The van der Waals surface area contributed by atoms with Crippen LogP contribution in [0.25, 0.3) is 0 Å². The zero-order chi connectivity index (χ0) is 14.6. The van der Waals surface area contributed by atoms with Crippen LogP contribution in [-0.2, 0) is 14.6 Å². The van der Waals surface area contributed by atoms with Crippen LogP contribution in [0, 0.1) is 0 Å². The molecule has 2 heterocycles. The number of nitrogens with one attached hydrogen (secondary N) is 1. The molecular weight excluding hydrogens is 346 g/mol. The van der Waals surface area contributed by atoms with E-state index in [1.54, 1.807) is 5.38 Å². The van der Waals surface area contributed by atoms with E-state index in [0.29, 0.717) is 0 Å². The van der Waals surface area contributed by atoms with Gasteiger partial charge in [-0.2, -0.15) is 11.3 Å². The number of rotatable bonds is 6. The van der Waals surface area contributed by atoms with Crippen LogP contribution in [0.15, 0.2) is 46.2 Å². The summed E-state index contributed by atoms with van der Waals surface area (Å²) in [5.74, 6) is 0.0283. The van der Waals surface area contributed by atoms with E-state index < -0.39 is 23.9 Å². The van der Waals surface area contributed by atoms with E-state index in [0.717, 1.165) is 0 Å². The minimum absolute atomic E-state index is 0. The Bertz CT molecular complexity index is 708. The standard InChI is InChI=1S/C10H11N2O5PS2.Na/c13-18(14,17-9-2-1-4-11-6-9)8-12-20(15,16)10-3-5-19-7-10;/h1-7,12H,8H2,(H,13,14);/q;+1/p-1. The van der Waals surface area contributed by atoms with Gasteiger partial charge in [0.05, 0.1) is 17.4 Å². The van der Waals surface area contributed by atoms with Crippen molar-refractivity contribution in [1.29, 1.82) is 0 Å². The van der Waals surface area contributed by atoms with Crippen LogP contribution in [0.2, 0.25) is 0 Å². The van der Waals surface area contributed by atoms with Crippen LogP contribution >= 0.6 is 18.9 Å². The molecule has 1 atom stereocenters. The van der Waals surface area contributed by atoms with E-state index >= 15 is 0 Å². The first-order valence-electron chi connectivity index (χ1n) is 5.31. The first-order valence-corrected chi connectivity index (χ1v) is 9.46. The molecule has 0 bridgehead atoms. The molecular formula is C10H10N2NaO5PS2. The van der Waals surface area contributed by atoms with Crippen molar-refractivity contribution in [3.63, 3.8) is 0 Å². The molecule has 108 valence electrons. The predicted octanol–water partition coefficient (Wildman–Crippen LogP) is -1.98. The average Bonchev–Trinajstić information content (AvgIpc) is 2.92. The van der Waals surface area contributed by atoms with Crippen LogP contribution in [0.4, 0.5) is 0 Å². The minimum Gasteiger partial charge on any atom is -0.768 e. The van der Waals surface area contributed by atoms with E-state index in [1.165, 1.54) is 47.3 Å². The number of hydrogen-bond donors (Lipinski definition) is 1. The van der Waals surface area contributed by atoms with Crippen molar-refractivity contribution in [3.8, 4) is 5.75 Å². The third-order valence-corrected chi connectivity index (χ3v) is 5.61. The number of aromatic nitrogens is 1. The maximum Gasteiger partial charge on any atom is 1.00 e. The Hall–Kier alpha value is -0.250. The molecule has 2 aromatic rings. The van der Waals surface area contributed by atoms with E-state index in [1.807, 2.05) is 4.72 Å². The van der Waals surface area contributed by atoms with Crippen LogP contribution in [0.5, 0.6) is 5.75 Å². The molecule has 0 fully saturated rings. The van der Waals surface area contributed by atoms with E-state index in [-0.39, 0.29) is 40.2 Å². The maximum absolute atomic E-state index is 11.8. The Morgan fingerprint density at radius 2 is 2.19 bits per heavy atom. The van der Waals surface area contributed by atoms with Crippen LogP contribution in [-0.4, -0.2) is 19.7 Å². The fourth-order valence-corrected chi connectivity index (χ4v) is 4.74. The van der Waals surface area contributed by atoms with Crippen molar-refractivity contribution in [1.82, 2.24) is 9.71 Å². The number of sulfonamides is 1. The SMILES string of the molecule is O=P([O-])(CNS(=O)(=O)c1ccsc1)Oc1cccnc1.[Na+]. The molecule has 0 aliphatic carbocycles. The van der Waals surface area contributed by atoms with Gasteiger partial charge < -0.3 is 9.42 Å². The van der Waals surface area contributed by atoms with Gasteiger partial charge in [0.1, 0.15) is 5.75 Å².